The Morgan fingerprint density at radius 1 is 1.23 bits per heavy atom. The summed E-state index contributed by atoms with van der Waals surface area (Å²) in [5.41, 5.74) is 0. The second-order valence-electron chi connectivity index (χ2n) is 2.58. The van der Waals surface area contributed by atoms with Crippen LogP contribution in [0.25, 0.3) is 0 Å². The molecule has 13 heavy (non-hydrogen) atoms. The van der Waals surface area contributed by atoms with Gasteiger partial charge in [-0.15, -0.1) is 0 Å². The highest BCUT2D eigenvalue weighted by Gasteiger charge is 1.94. The van der Waals surface area contributed by atoms with Gasteiger partial charge < -0.3 is 4.74 Å². The van der Waals surface area contributed by atoms with Gasteiger partial charge in [-0.25, -0.2) is 0 Å². The second-order valence-corrected chi connectivity index (χ2v) is 5.07. The molecule has 0 fully saturated rings. The number of hydrogen-bond donors (Lipinski definition) is 0. The maximum Gasteiger partial charge on any atom is 0.118 e. The van der Waals surface area contributed by atoms with Crippen molar-refractivity contribution in [2.24, 2.45) is 0 Å². The molecule has 0 aliphatic carbocycles. The zero-order chi connectivity index (χ0) is 9.52. The molecular formula is C10H14OS2. The van der Waals surface area contributed by atoms with E-state index < -0.39 is 0 Å². The fraction of sp³-hybridized carbons (Fsp3) is 0.400. The van der Waals surface area contributed by atoms with Crippen molar-refractivity contribution >= 4 is 21.6 Å². The summed E-state index contributed by atoms with van der Waals surface area (Å²) >= 11 is 0. The van der Waals surface area contributed by atoms with E-state index in [0.717, 1.165) is 5.75 Å². The molecule has 0 spiro atoms. The molecule has 1 nitrogen and oxygen atoms in total. The van der Waals surface area contributed by atoms with Crippen LogP contribution in [-0.2, 0) is 0 Å². The zero-order valence-corrected chi connectivity index (χ0v) is 9.58. The van der Waals surface area contributed by atoms with E-state index in [-0.39, 0.29) is 0 Å². The van der Waals surface area contributed by atoms with Crippen molar-refractivity contribution in [1.82, 2.24) is 0 Å². The Labute approximate surface area is 87.7 Å². The van der Waals surface area contributed by atoms with Crippen LogP contribution in [0.2, 0.25) is 0 Å². The first-order valence-corrected chi connectivity index (χ1v) is 6.62. The summed E-state index contributed by atoms with van der Waals surface area (Å²) in [6.45, 7) is 2.20. The molecule has 0 bridgehead atoms. The number of hydrogen-bond acceptors (Lipinski definition) is 3. The minimum Gasteiger partial charge on any atom is -0.497 e. The Morgan fingerprint density at radius 3 is 2.46 bits per heavy atom. The maximum atomic E-state index is 5.08. The first-order chi connectivity index (χ1) is 6.36. The molecule has 72 valence electrons. The Balaban J connectivity index is 2.40. The van der Waals surface area contributed by atoms with Crippen LogP contribution in [-0.4, -0.2) is 12.9 Å². The summed E-state index contributed by atoms with van der Waals surface area (Å²) in [5, 5.41) is 0. The third-order valence-corrected chi connectivity index (χ3v) is 4.09. The van der Waals surface area contributed by atoms with Gasteiger partial charge in [0.2, 0.25) is 0 Å². The summed E-state index contributed by atoms with van der Waals surface area (Å²) in [6, 6.07) is 8.17. The molecule has 0 atom stereocenters. The molecule has 0 N–H and O–H groups in total. The third kappa shape index (κ3) is 3.96. The van der Waals surface area contributed by atoms with Gasteiger partial charge in [-0.2, -0.15) is 0 Å². The molecule has 0 saturated heterocycles. The molecule has 0 amide bonds. The van der Waals surface area contributed by atoms with Crippen LogP contribution in [0.15, 0.2) is 29.2 Å². The van der Waals surface area contributed by atoms with Gasteiger partial charge in [-0.3, -0.25) is 0 Å². The van der Waals surface area contributed by atoms with Crippen molar-refractivity contribution in [2.75, 3.05) is 12.9 Å². The van der Waals surface area contributed by atoms with E-state index in [2.05, 4.69) is 19.1 Å². The van der Waals surface area contributed by atoms with E-state index in [1.54, 1.807) is 7.11 Å². The van der Waals surface area contributed by atoms with E-state index >= 15 is 0 Å². The van der Waals surface area contributed by atoms with Crippen LogP contribution in [0.1, 0.15) is 13.3 Å². The smallest absolute Gasteiger partial charge is 0.118 e. The average molecular weight is 214 g/mol. The lowest BCUT2D eigenvalue weighted by Gasteiger charge is -2.01. The Hall–Kier alpha value is -0.280. The lowest BCUT2D eigenvalue weighted by Crippen LogP contribution is -1.80. The summed E-state index contributed by atoms with van der Waals surface area (Å²) < 4.78 is 5.08. The molecule has 0 aliphatic rings. The molecule has 1 rings (SSSR count). The van der Waals surface area contributed by atoms with Crippen molar-refractivity contribution < 1.29 is 4.74 Å². The number of benzene rings is 1. The number of methoxy groups -OCH3 is 1. The first kappa shape index (κ1) is 10.8. The molecule has 0 unspecified atom stereocenters. The van der Waals surface area contributed by atoms with Gasteiger partial charge in [0.05, 0.1) is 7.11 Å². The maximum absolute atomic E-state index is 5.08. The SMILES string of the molecule is CCCSSc1ccc(OC)cc1. The predicted octanol–water partition coefficient (Wildman–Crippen LogP) is 3.85. The van der Waals surface area contributed by atoms with Gasteiger partial charge in [0, 0.05) is 10.6 Å². The summed E-state index contributed by atoms with van der Waals surface area (Å²) in [7, 11) is 5.41. The minimum absolute atomic E-state index is 0.921. The van der Waals surface area contributed by atoms with E-state index in [0.29, 0.717) is 0 Å². The first-order valence-electron chi connectivity index (χ1n) is 4.30. The van der Waals surface area contributed by atoms with Gasteiger partial charge in [0.15, 0.2) is 0 Å². The van der Waals surface area contributed by atoms with Crippen molar-refractivity contribution in [3.63, 3.8) is 0 Å². The number of ether oxygens (including phenoxy) is 1. The normalized spacial score (nSPS) is 10.0. The summed E-state index contributed by atoms with van der Waals surface area (Å²) in [4.78, 5) is 1.29. The van der Waals surface area contributed by atoms with Gasteiger partial charge >= 0.3 is 0 Å². The van der Waals surface area contributed by atoms with E-state index in [1.807, 2.05) is 33.7 Å². The molecule has 0 aliphatic heterocycles. The zero-order valence-electron chi connectivity index (χ0n) is 7.95. The largest absolute Gasteiger partial charge is 0.497 e. The monoisotopic (exact) mass is 214 g/mol. The van der Waals surface area contributed by atoms with Crippen molar-refractivity contribution in [1.29, 1.82) is 0 Å². The van der Waals surface area contributed by atoms with E-state index in [1.165, 1.54) is 17.1 Å². The highest BCUT2D eigenvalue weighted by Crippen LogP contribution is 2.32. The van der Waals surface area contributed by atoms with Gasteiger partial charge in [-0.05, 0) is 30.7 Å². The Kier molecular flexibility index (Phi) is 5.16. The molecule has 0 aromatic heterocycles. The van der Waals surface area contributed by atoms with Crippen molar-refractivity contribution in [3.05, 3.63) is 24.3 Å². The van der Waals surface area contributed by atoms with Crippen LogP contribution in [0.3, 0.4) is 0 Å². The molecule has 1 aromatic carbocycles. The second kappa shape index (κ2) is 6.22. The van der Waals surface area contributed by atoms with Crippen LogP contribution in [0.4, 0.5) is 0 Å². The Bertz CT molecular complexity index is 233. The highest BCUT2D eigenvalue weighted by molar-refractivity contribution is 8.76. The van der Waals surface area contributed by atoms with Crippen molar-refractivity contribution in [3.8, 4) is 5.75 Å². The minimum atomic E-state index is 0.921. The molecular weight excluding hydrogens is 200 g/mol. The molecule has 0 saturated carbocycles. The standard InChI is InChI=1S/C10H14OS2/c1-3-8-12-13-10-6-4-9(11-2)5-7-10/h4-7H,3,8H2,1-2H3. The van der Waals surface area contributed by atoms with Crippen LogP contribution >= 0.6 is 21.6 Å². The lowest BCUT2D eigenvalue weighted by atomic mass is 10.3. The van der Waals surface area contributed by atoms with Crippen LogP contribution in [0.5, 0.6) is 5.75 Å². The van der Waals surface area contributed by atoms with Crippen LogP contribution < -0.4 is 4.74 Å². The van der Waals surface area contributed by atoms with E-state index in [4.69, 9.17) is 4.74 Å². The molecule has 0 radical (unpaired) electrons. The van der Waals surface area contributed by atoms with E-state index in [9.17, 15) is 0 Å². The summed E-state index contributed by atoms with van der Waals surface area (Å²) in [5.74, 6) is 2.13. The highest BCUT2D eigenvalue weighted by atomic mass is 33.1. The fourth-order valence-corrected chi connectivity index (χ4v) is 2.95. The fourth-order valence-electron chi connectivity index (χ4n) is 0.824. The van der Waals surface area contributed by atoms with Crippen LogP contribution in [0, 0.1) is 0 Å². The molecule has 0 heterocycles. The summed E-state index contributed by atoms with van der Waals surface area (Å²) in [6.07, 6.45) is 1.23. The molecule has 3 heteroatoms. The average Bonchev–Trinajstić information content (AvgIpc) is 2.19. The number of rotatable bonds is 5. The van der Waals surface area contributed by atoms with Crippen molar-refractivity contribution in [2.45, 2.75) is 18.2 Å². The van der Waals surface area contributed by atoms with Gasteiger partial charge in [0.1, 0.15) is 5.75 Å². The molecule has 1 aromatic rings. The quantitative estimate of drug-likeness (QED) is 0.544. The Morgan fingerprint density at radius 2 is 1.92 bits per heavy atom. The lowest BCUT2D eigenvalue weighted by molar-refractivity contribution is 0.414. The third-order valence-electron chi connectivity index (χ3n) is 1.50. The van der Waals surface area contributed by atoms with Gasteiger partial charge in [-0.1, -0.05) is 28.5 Å². The predicted molar refractivity (Wildman–Crippen MR) is 61.6 cm³/mol. The van der Waals surface area contributed by atoms with Gasteiger partial charge in [0.25, 0.3) is 0 Å². The topological polar surface area (TPSA) is 9.23 Å².